The topological polar surface area (TPSA) is 38.3 Å². The Bertz CT molecular complexity index is 810. The average molecular weight is 356 g/mol. The molecule has 2 aromatic heterocycles. The molecular formula is C17H13ClF3NO2. The van der Waals surface area contributed by atoms with E-state index in [4.69, 9.17) is 20.4 Å². The highest BCUT2D eigenvalue weighted by Gasteiger charge is 2.31. The van der Waals surface area contributed by atoms with Crippen LogP contribution in [0.15, 0.2) is 57.6 Å². The lowest BCUT2D eigenvalue weighted by Gasteiger charge is -2.09. The molecule has 0 aliphatic carbocycles. The van der Waals surface area contributed by atoms with Gasteiger partial charge in [0.2, 0.25) is 0 Å². The Labute approximate surface area is 141 Å². The summed E-state index contributed by atoms with van der Waals surface area (Å²) in [6.07, 6.45) is -2.85. The monoisotopic (exact) mass is 355 g/mol. The normalized spacial score (nSPS) is 11.8. The highest BCUT2D eigenvalue weighted by Crippen LogP contribution is 2.36. The highest BCUT2D eigenvalue weighted by molar-refractivity contribution is 6.33. The van der Waals surface area contributed by atoms with Crippen molar-refractivity contribution in [2.45, 2.75) is 19.3 Å². The summed E-state index contributed by atoms with van der Waals surface area (Å²) in [5, 5.41) is 3.32. The number of benzene rings is 1. The van der Waals surface area contributed by atoms with E-state index < -0.39 is 11.7 Å². The summed E-state index contributed by atoms with van der Waals surface area (Å²) in [5.41, 5.74) is -0.556. The van der Waals surface area contributed by atoms with Gasteiger partial charge in [0.25, 0.3) is 0 Å². The molecule has 7 heteroatoms. The van der Waals surface area contributed by atoms with Gasteiger partial charge in [-0.15, -0.1) is 0 Å². The van der Waals surface area contributed by atoms with Gasteiger partial charge in [-0.1, -0.05) is 11.6 Å². The summed E-state index contributed by atoms with van der Waals surface area (Å²) >= 11 is 6.01. The molecule has 1 aromatic carbocycles. The van der Waals surface area contributed by atoms with E-state index in [-0.39, 0.29) is 10.6 Å². The Balaban J connectivity index is 1.73. The summed E-state index contributed by atoms with van der Waals surface area (Å²) in [5.74, 6) is 1.66. The minimum Gasteiger partial charge on any atom is -0.468 e. The van der Waals surface area contributed by atoms with Crippen LogP contribution in [0, 0.1) is 0 Å². The van der Waals surface area contributed by atoms with Crippen molar-refractivity contribution in [2.75, 3.05) is 0 Å². The molecule has 0 saturated heterocycles. The zero-order valence-corrected chi connectivity index (χ0v) is 13.1. The minimum atomic E-state index is -4.43. The number of furan rings is 2. The summed E-state index contributed by atoms with van der Waals surface area (Å²) in [7, 11) is 0. The van der Waals surface area contributed by atoms with Crippen LogP contribution in [0.25, 0.3) is 11.3 Å². The molecule has 0 saturated carbocycles. The van der Waals surface area contributed by atoms with E-state index >= 15 is 0 Å². The van der Waals surface area contributed by atoms with Crippen molar-refractivity contribution in [3.63, 3.8) is 0 Å². The fourth-order valence-electron chi connectivity index (χ4n) is 2.23. The number of rotatable bonds is 5. The van der Waals surface area contributed by atoms with E-state index in [2.05, 4.69) is 5.32 Å². The number of nitrogens with one attached hydrogen (secondary N) is 1. The predicted molar refractivity (Wildman–Crippen MR) is 83.4 cm³/mol. The van der Waals surface area contributed by atoms with Crippen LogP contribution in [-0.4, -0.2) is 0 Å². The van der Waals surface area contributed by atoms with Crippen molar-refractivity contribution < 1.29 is 22.0 Å². The van der Waals surface area contributed by atoms with Gasteiger partial charge >= 0.3 is 6.18 Å². The molecule has 0 unspecified atom stereocenters. The van der Waals surface area contributed by atoms with Crippen molar-refractivity contribution in [1.29, 1.82) is 0 Å². The molecule has 3 nitrogen and oxygen atoms in total. The zero-order chi connectivity index (χ0) is 17.2. The number of hydrogen-bond acceptors (Lipinski definition) is 3. The van der Waals surface area contributed by atoms with Crippen molar-refractivity contribution in [1.82, 2.24) is 5.32 Å². The number of alkyl halides is 3. The van der Waals surface area contributed by atoms with Crippen molar-refractivity contribution >= 4 is 11.6 Å². The molecule has 0 spiro atoms. The Morgan fingerprint density at radius 1 is 1.00 bits per heavy atom. The highest BCUT2D eigenvalue weighted by atomic mass is 35.5. The van der Waals surface area contributed by atoms with Crippen LogP contribution in [0.5, 0.6) is 0 Å². The Morgan fingerprint density at radius 3 is 2.50 bits per heavy atom. The molecule has 0 amide bonds. The van der Waals surface area contributed by atoms with E-state index in [1.54, 1.807) is 24.5 Å². The Morgan fingerprint density at radius 2 is 1.79 bits per heavy atom. The predicted octanol–water partition coefficient (Wildman–Crippen LogP) is 5.50. The Kier molecular flexibility index (Phi) is 4.69. The first-order valence-corrected chi connectivity index (χ1v) is 7.50. The fourth-order valence-corrected chi connectivity index (χ4v) is 2.44. The maximum Gasteiger partial charge on any atom is 0.416 e. The van der Waals surface area contributed by atoms with Crippen LogP contribution in [0.4, 0.5) is 13.2 Å². The number of hydrogen-bond donors (Lipinski definition) is 1. The second kappa shape index (κ2) is 6.75. The molecule has 0 bridgehead atoms. The van der Waals surface area contributed by atoms with E-state index in [1.807, 2.05) is 6.07 Å². The fraction of sp³-hybridized carbons (Fsp3) is 0.176. The third-order valence-corrected chi connectivity index (χ3v) is 3.73. The standard InChI is InChI=1S/C17H13ClF3NO2/c18-15-5-3-11(17(19,20)21)8-14(15)16-6-4-13(24-16)10-22-9-12-2-1-7-23-12/h1-8,22H,9-10H2. The van der Waals surface area contributed by atoms with Crippen LogP contribution in [-0.2, 0) is 19.3 Å². The molecular weight excluding hydrogens is 343 g/mol. The average Bonchev–Trinajstić information content (AvgIpc) is 3.18. The summed E-state index contributed by atoms with van der Waals surface area (Å²) in [6, 6.07) is 10.1. The summed E-state index contributed by atoms with van der Waals surface area (Å²) in [4.78, 5) is 0. The van der Waals surface area contributed by atoms with Gasteiger partial charge in [-0.05, 0) is 42.5 Å². The van der Waals surface area contributed by atoms with E-state index in [1.165, 1.54) is 6.07 Å². The molecule has 0 aliphatic rings. The van der Waals surface area contributed by atoms with Crippen LogP contribution >= 0.6 is 11.6 Å². The third-order valence-electron chi connectivity index (χ3n) is 3.40. The van der Waals surface area contributed by atoms with Crippen molar-refractivity contribution in [3.05, 3.63) is 70.8 Å². The van der Waals surface area contributed by atoms with Crippen molar-refractivity contribution in [3.8, 4) is 11.3 Å². The molecule has 24 heavy (non-hydrogen) atoms. The summed E-state index contributed by atoms with van der Waals surface area (Å²) in [6.45, 7) is 0.935. The van der Waals surface area contributed by atoms with Crippen LogP contribution in [0.3, 0.4) is 0 Å². The molecule has 0 aliphatic heterocycles. The lowest BCUT2D eigenvalue weighted by molar-refractivity contribution is -0.137. The van der Waals surface area contributed by atoms with Gasteiger partial charge in [0.15, 0.2) is 0 Å². The molecule has 2 heterocycles. The molecule has 0 fully saturated rings. The van der Waals surface area contributed by atoms with Gasteiger partial charge < -0.3 is 14.2 Å². The molecule has 3 aromatic rings. The number of halogens is 4. The molecule has 1 N–H and O–H groups in total. The lowest BCUT2D eigenvalue weighted by atomic mass is 10.1. The smallest absolute Gasteiger partial charge is 0.416 e. The van der Waals surface area contributed by atoms with Crippen LogP contribution < -0.4 is 5.32 Å². The first kappa shape index (κ1) is 16.7. The molecule has 0 radical (unpaired) electrons. The van der Waals surface area contributed by atoms with Gasteiger partial charge in [-0.3, -0.25) is 0 Å². The quantitative estimate of drug-likeness (QED) is 0.656. The van der Waals surface area contributed by atoms with E-state index in [0.717, 1.165) is 17.9 Å². The lowest BCUT2D eigenvalue weighted by Crippen LogP contribution is -2.11. The second-order valence-electron chi connectivity index (χ2n) is 5.14. The maximum atomic E-state index is 12.8. The minimum absolute atomic E-state index is 0.201. The first-order chi connectivity index (χ1) is 11.4. The summed E-state index contributed by atoms with van der Waals surface area (Å²) < 4.78 is 49.3. The third kappa shape index (κ3) is 3.83. The maximum absolute atomic E-state index is 12.8. The van der Waals surface area contributed by atoms with Gasteiger partial charge in [-0.25, -0.2) is 0 Å². The first-order valence-electron chi connectivity index (χ1n) is 7.12. The molecule has 0 atom stereocenters. The van der Waals surface area contributed by atoms with Crippen molar-refractivity contribution in [2.24, 2.45) is 0 Å². The largest absolute Gasteiger partial charge is 0.468 e. The molecule has 3 rings (SSSR count). The van der Waals surface area contributed by atoms with Gasteiger partial charge in [0.05, 0.1) is 29.9 Å². The van der Waals surface area contributed by atoms with Crippen LogP contribution in [0.2, 0.25) is 5.02 Å². The van der Waals surface area contributed by atoms with Gasteiger partial charge in [0.1, 0.15) is 17.3 Å². The zero-order valence-electron chi connectivity index (χ0n) is 12.4. The molecule has 126 valence electrons. The van der Waals surface area contributed by atoms with Gasteiger partial charge in [-0.2, -0.15) is 13.2 Å². The van der Waals surface area contributed by atoms with E-state index in [9.17, 15) is 13.2 Å². The SMILES string of the molecule is FC(F)(F)c1ccc(Cl)c(-c2ccc(CNCc3ccco3)o2)c1. The van der Waals surface area contributed by atoms with Gasteiger partial charge in [0, 0.05) is 5.56 Å². The Hall–Kier alpha value is -2.18. The van der Waals surface area contributed by atoms with E-state index in [0.29, 0.717) is 24.6 Å². The van der Waals surface area contributed by atoms with Crippen LogP contribution in [0.1, 0.15) is 17.1 Å². The second-order valence-corrected chi connectivity index (χ2v) is 5.55.